The molecule has 2 rings (SSSR count). The summed E-state index contributed by atoms with van der Waals surface area (Å²) in [4.78, 5) is 24.7. The second-order valence-electron chi connectivity index (χ2n) is 4.34. The Labute approximate surface area is 103 Å². The molecule has 0 unspecified atom stereocenters. The van der Waals surface area contributed by atoms with Crippen molar-refractivity contribution in [2.24, 2.45) is 5.92 Å². The molecule has 0 radical (unpaired) electrons. The smallest absolute Gasteiger partial charge is 0.299 e. The van der Waals surface area contributed by atoms with Gasteiger partial charge in [-0.3, -0.25) is 14.3 Å². The Morgan fingerprint density at radius 1 is 1.50 bits per heavy atom. The molecule has 1 fully saturated rings. The lowest BCUT2D eigenvalue weighted by atomic mass is 10.1. The van der Waals surface area contributed by atoms with Gasteiger partial charge in [-0.15, -0.1) is 0 Å². The molecule has 0 bridgehead atoms. The van der Waals surface area contributed by atoms with Crippen molar-refractivity contribution in [3.05, 3.63) is 32.6 Å². The number of nitrogens with one attached hydrogen (secondary N) is 1. The molecule has 0 saturated carbocycles. The molecule has 7 nitrogen and oxygen atoms in total. The SMILES string of the molecule is N#Cc1cn(C[C@H]2CCS(=O)(=O)C2)c(=O)[nH]c1=O. The van der Waals surface area contributed by atoms with Crippen molar-refractivity contribution in [3.8, 4) is 6.07 Å². The average Bonchev–Trinajstić information content (AvgIpc) is 2.62. The molecule has 2 heterocycles. The Hall–Kier alpha value is -1.88. The summed E-state index contributed by atoms with van der Waals surface area (Å²) >= 11 is 0. The first-order valence-corrected chi connectivity index (χ1v) is 7.18. The molecular formula is C10H11N3O4S. The summed E-state index contributed by atoms with van der Waals surface area (Å²) in [6.45, 7) is 0.198. The number of aromatic nitrogens is 2. The molecule has 1 N–H and O–H groups in total. The molecule has 1 saturated heterocycles. The first-order valence-electron chi connectivity index (χ1n) is 5.35. The molecule has 1 atom stereocenters. The second-order valence-corrected chi connectivity index (χ2v) is 6.56. The van der Waals surface area contributed by atoms with Crippen molar-refractivity contribution in [2.45, 2.75) is 13.0 Å². The van der Waals surface area contributed by atoms with Crippen molar-refractivity contribution in [1.82, 2.24) is 9.55 Å². The van der Waals surface area contributed by atoms with Gasteiger partial charge in [-0.1, -0.05) is 0 Å². The highest BCUT2D eigenvalue weighted by Crippen LogP contribution is 2.19. The van der Waals surface area contributed by atoms with Crippen molar-refractivity contribution in [1.29, 1.82) is 5.26 Å². The standard InChI is InChI=1S/C10H11N3O4S/c11-3-8-5-13(10(15)12-9(8)14)4-7-1-2-18(16,17)6-7/h5,7H,1-2,4,6H2,(H,12,14,15)/t7-/m1/s1. The first-order chi connectivity index (χ1) is 8.41. The quantitative estimate of drug-likeness (QED) is 0.727. The fourth-order valence-corrected chi connectivity index (χ4v) is 3.87. The minimum atomic E-state index is -3.00. The molecule has 0 aliphatic carbocycles. The van der Waals surface area contributed by atoms with E-state index >= 15 is 0 Å². The van der Waals surface area contributed by atoms with Gasteiger partial charge in [0.25, 0.3) is 5.56 Å². The van der Waals surface area contributed by atoms with Crippen LogP contribution >= 0.6 is 0 Å². The summed E-state index contributed by atoms with van der Waals surface area (Å²) in [5.41, 5.74) is -1.50. The Kier molecular flexibility index (Phi) is 3.09. The zero-order chi connectivity index (χ0) is 13.3. The van der Waals surface area contributed by atoms with Crippen molar-refractivity contribution in [2.75, 3.05) is 11.5 Å². The average molecular weight is 269 g/mol. The Balaban J connectivity index is 2.29. The van der Waals surface area contributed by atoms with E-state index in [0.29, 0.717) is 6.42 Å². The molecule has 0 spiro atoms. The van der Waals surface area contributed by atoms with E-state index in [2.05, 4.69) is 0 Å². The van der Waals surface area contributed by atoms with Crippen LogP contribution in [0.3, 0.4) is 0 Å². The van der Waals surface area contributed by atoms with Crippen LogP contribution in [0.2, 0.25) is 0 Å². The zero-order valence-corrected chi connectivity index (χ0v) is 10.2. The normalized spacial score (nSPS) is 21.6. The fraction of sp³-hybridized carbons (Fsp3) is 0.500. The second kappa shape index (κ2) is 4.42. The van der Waals surface area contributed by atoms with E-state index in [1.165, 1.54) is 10.8 Å². The first kappa shape index (κ1) is 12.6. The van der Waals surface area contributed by atoms with Crippen LogP contribution in [0.1, 0.15) is 12.0 Å². The predicted octanol–water partition coefficient (Wildman–Crippen LogP) is -1.16. The number of sulfone groups is 1. The van der Waals surface area contributed by atoms with Crippen molar-refractivity contribution >= 4 is 9.84 Å². The van der Waals surface area contributed by atoms with E-state index in [9.17, 15) is 18.0 Å². The minimum Gasteiger partial charge on any atom is -0.299 e. The lowest BCUT2D eigenvalue weighted by Crippen LogP contribution is -2.33. The van der Waals surface area contributed by atoms with Crippen LogP contribution in [0.15, 0.2) is 15.8 Å². The predicted molar refractivity (Wildman–Crippen MR) is 62.8 cm³/mol. The number of nitriles is 1. The molecule has 1 aromatic rings. The van der Waals surface area contributed by atoms with Crippen LogP contribution in [0.25, 0.3) is 0 Å². The van der Waals surface area contributed by atoms with Gasteiger partial charge in [-0.25, -0.2) is 13.2 Å². The molecule has 1 aromatic heterocycles. The Bertz CT molecular complexity index is 723. The van der Waals surface area contributed by atoms with Crippen LogP contribution < -0.4 is 11.2 Å². The van der Waals surface area contributed by atoms with E-state index in [4.69, 9.17) is 5.26 Å². The molecule has 8 heteroatoms. The third-order valence-electron chi connectivity index (χ3n) is 2.91. The summed E-state index contributed by atoms with van der Waals surface area (Å²) in [5.74, 6) is 0.0200. The van der Waals surface area contributed by atoms with Gasteiger partial charge < -0.3 is 0 Å². The maximum atomic E-state index is 11.5. The molecule has 96 valence electrons. The molecule has 0 aromatic carbocycles. The molecular weight excluding hydrogens is 258 g/mol. The highest BCUT2D eigenvalue weighted by atomic mass is 32.2. The van der Waals surface area contributed by atoms with Gasteiger partial charge in [0.2, 0.25) is 0 Å². The summed E-state index contributed by atoms with van der Waals surface area (Å²) in [7, 11) is -3.00. The lowest BCUT2D eigenvalue weighted by molar-refractivity contribution is 0.473. The van der Waals surface area contributed by atoms with E-state index < -0.39 is 21.1 Å². The number of hydrogen-bond acceptors (Lipinski definition) is 5. The number of H-pyrrole nitrogens is 1. The highest BCUT2D eigenvalue weighted by Gasteiger charge is 2.28. The summed E-state index contributed by atoms with van der Waals surface area (Å²) in [6.07, 6.45) is 1.67. The van der Waals surface area contributed by atoms with Crippen LogP contribution in [-0.2, 0) is 16.4 Å². The zero-order valence-electron chi connectivity index (χ0n) is 9.42. The molecule has 0 amide bonds. The summed E-state index contributed by atoms with van der Waals surface area (Å²) in [6, 6.07) is 1.68. The summed E-state index contributed by atoms with van der Waals surface area (Å²) < 4.78 is 23.8. The molecule has 18 heavy (non-hydrogen) atoms. The van der Waals surface area contributed by atoms with Gasteiger partial charge >= 0.3 is 5.69 Å². The Morgan fingerprint density at radius 2 is 2.22 bits per heavy atom. The molecule has 1 aliphatic heterocycles. The van der Waals surface area contributed by atoms with Crippen LogP contribution in [0.4, 0.5) is 0 Å². The monoisotopic (exact) mass is 269 g/mol. The van der Waals surface area contributed by atoms with E-state index in [1.807, 2.05) is 4.98 Å². The number of aromatic amines is 1. The van der Waals surface area contributed by atoms with Gasteiger partial charge in [-0.2, -0.15) is 5.26 Å². The van der Waals surface area contributed by atoms with Crippen LogP contribution in [0, 0.1) is 17.2 Å². The van der Waals surface area contributed by atoms with E-state index in [-0.39, 0.29) is 29.5 Å². The number of rotatable bonds is 2. The third kappa shape index (κ3) is 2.51. The van der Waals surface area contributed by atoms with Gasteiger partial charge in [0, 0.05) is 12.7 Å². The largest absolute Gasteiger partial charge is 0.328 e. The number of hydrogen-bond donors (Lipinski definition) is 1. The highest BCUT2D eigenvalue weighted by molar-refractivity contribution is 7.91. The third-order valence-corrected chi connectivity index (χ3v) is 4.75. The minimum absolute atomic E-state index is 0.0421. The van der Waals surface area contributed by atoms with Gasteiger partial charge in [0.1, 0.15) is 11.6 Å². The lowest BCUT2D eigenvalue weighted by Gasteiger charge is -2.09. The maximum absolute atomic E-state index is 11.5. The van der Waals surface area contributed by atoms with Crippen molar-refractivity contribution < 1.29 is 8.42 Å². The number of nitrogens with zero attached hydrogens (tertiary/aromatic N) is 2. The van der Waals surface area contributed by atoms with Crippen LogP contribution in [0.5, 0.6) is 0 Å². The van der Waals surface area contributed by atoms with Crippen LogP contribution in [-0.4, -0.2) is 29.5 Å². The van der Waals surface area contributed by atoms with Gasteiger partial charge in [0.15, 0.2) is 9.84 Å². The summed E-state index contributed by atoms with van der Waals surface area (Å²) in [5, 5.41) is 8.70. The van der Waals surface area contributed by atoms with Gasteiger partial charge in [-0.05, 0) is 12.3 Å². The van der Waals surface area contributed by atoms with Gasteiger partial charge in [0.05, 0.1) is 11.5 Å². The maximum Gasteiger partial charge on any atom is 0.328 e. The Morgan fingerprint density at radius 3 is 2.78 bits per heavy atom. The topological polar surface area (TPSA) is 113 Å². The molecule has 1 aliphatic rings. The van der Waals surface area contributed by atoms with E-state index in [1.54, 1.807) is 6.07 Å². The fourth-order valence-electron chi connectivity index (χ4n) is 2.02. The van der Waals surface area contributed by atoms with Crippen molar-refractivity contribution in [3.63, 3.8) is 0 Å². The van der Waals surface area contributed by atoms with E-state index in [0.717, 1.165) is 0 Å².